The molecule has 0 aromatic carbocycles. The van der Waals surface area contributed by atoms with Crippen LogP contribution in [-0.2, 0) is 11.8 Å². The average molecular weight is 395 g/mol. The van der Waals surface area contributed by atoms with E-state index in [-0.39, 0.29) is 5.41 Å². The van der Waals surface area contributed by atoms with Crippen LogP contribution in [0.2, 0.25) is 0 Å². The van der Waals surface area contributed by atoms with Gasteiger partial charge >= 0.3 is 0 Å². The lowest BCUT2D eigenvalue weighted by molar-refractivity contribution is 0.557. The SMILES string of the molecule is CC(C)(C)c1coc2c(N)ccnc12.CNc1nc(N)c2c(n1)C=C(C(C)C)C2. The molecule has 0 spiro atoms. The van der Waals surface area contributed by atoms with E-state index in [1.165, 1.54) is 5.57 Å². The molecule has 0 unspecified atom stereocenters. The molecule has 0 atom stereocenters. The lowest BCUT2D eigenvalue weighted by atomic mass is 9.88. The molecule has 29 heavy (non-hydrogen) atoms. The van der Waals surface area contributed by atoms with Gasteiger partial charge in [0.25, 0.3) is 0 Å². The van der Waals surface area contributed by atoms with Crippen molar-refractivity contribution >= 4 is 34.6 Å². The standard InChI is InChI=1S/C11H16N4.C11H14N2O/c1-6(2)7-4-8-9(5-7)14-11(13-3)15-10(8)12;1-11(2,3)7-6-14-10-8(12)4-5-13-9(7)10/h5-6H,4H2,1-3H3,(H3,12,13,14,15);4-6H,1-3H3,(H2,12,13). The van der Waals surface area contributed by atoms with Gasteiger partial charge in [-0.25, -0.2) is 4.98 Å². The van der Waals surface area contributed by atoms with Gasteiger partial charge in [0.1, 0.15) is 11.3 Å². The summed E-state index contributed by atoms with van der Waals surface area (Å²) in [5, 5.41) is 2.91. The third kappa shape index (κ3) is 4.18. The van der Waals surface area contributed by atoms with Crippen LogP contribution in [0.4, 0.5) is 17.5 Å². The molecule has 0 saturated carbocycles. The van der Waals surface area contributed by atoms with Crippen molar-refractivity contribution in [1.29, 1.82) is 0 Å². The van der Waals surface area contributed by atoms with Crippen LogP contribution in [0.15, 0.2) is 28.5 Å². The Hall–Kier alpha value is -3.09. The number of fused-ring (bicyclic) bond motifs is 2. The Morgan fingerprint density at radius 2 is 1.90 bits per heavy atom. The Morgan fingerprint density at radius 1 is 1.17 bits per heavy atom. The predicted molar refractivity (Wildman–Crippen MR) is 120 cm³/mol. The Morgan fingerprint density at radius 3 is 2.52 bits per heavy atom. The quantitative estimate of drug-likeness (QED) is 0.590. The van der Waals surface area contributed by atoms with Gasteiger partial charge in [-0.15, -0.1) is 0 Å². The second kappa shape index (κ2) is 7.73. The summed E-state index contributed by atoms with van der Waals surface area (Å²) in [7, 11) is 1.79. The number of nitrogens with one attached hydrogen (secondary N) is 1. The molecule has 1 aliphatic rings. The minimum atomic E-state index is 0.0338. The number of nitrogen functional groups attached to an aromatic ring is 2. The summed E-state index contributed by atoms with van der Waals surface area (Å²) < 4.78 is 5.42. The maximum atomic E-state index is 5.89. The summed E-state index contributed by atoms with van der Waals surface area (Å²) in [5.41, 5.74) is 18.4. The number of nitrogens with zero attached hydrogens (tertiary/aromatic N) is 3. The van der Waals surface area contributed by atoms with E-state index in [4.69, 9.17) is 15.9 Å². The molecular weight excluding hydrogens is 364 g/mol. The minimum Gasteiger partial charge on any atom is -0.460 e. The molecular formula is C22H30N6O. The summed E-state index contributed by atoms with van der Waals surface area (Å²) in [4.78, 5) is 12.9. The number of furan rings is 1. The summed E-state index contributed by atoms with van der Waals surface area (Å²) in [6.07, 6.45) is 6.47. The summed E-state index contributed by atoms with van der Waals surface area (Å²) in [6, 6.07) is 1.75. The number of nitrogens with two attached hydrogens (primary N) is 2. The van der Waals surface area contributed by atoms with Gasteiger partial charge in [-0.3, -0.25) is 4.98 Å². The molecule has 7 nitrogen and oxygen atoms in total. The number of rotatable bonds is 2. The van der Waals surface area contributed by atoms with Crippen molar-refractivity contribution < 1.29 is 4.42 Å². The van der Waals surface area contributed by atoms with Crippen molar-refractivity contribution in [3.63, 3.8) is 0 Å². The van der Waals surface area contributed by atoms with Gasteiger partial charge in [-0.1, -0.05) is 40.2 Å². The topological polar surface area (TPSA) is 116 Å². The highest BCUT2D eigenvalue weighted by molar-refractivity contribution is 5.87. The van der Waals surface area contributed by atoms with Crippen LogP contribution in [0, 0.1) is 5.92 Å². The molecule has 0 fully saturated rings. The number of pyridine rings is 1. The van der Waals surface area contributed by atoms with Crippen molar-refractivity contribution in [3.8, 4) is 0 Å². The largest absolute Gasteiger partial charge is 0.460 e. The fourth-order valence-corrected chi connectivity index (χ4v) is 3.22. The zero-order valence-electron chi connectivity index (χ0n) is 18.0. The van der Waals surface area contributed by atoms with E-state index >= 15 is 0 Å². The van der Waals surface area contributed by atoms with Gasteiger partial charge in [0.2, 0.25) is 5.95 Å². The first kappa shape index (κ1) is 20.6. The fraction of sp³-hybridized carbons (Fsp3) is 0.409. The molecule has 0 bridgehead atoms. The van der Waals surface area contributed by atoms with Crippen LogP contribution >= 0.6 is 0 Å². The van der Waals surface area contributed by atoms with E-state index in [0.717, 1.165) is 28.8 Å². The van der Waals surface area contributed by atoms with Gasteiger partial charge in [0.05, 0.1) is 17.6 Å². The van der Waals surface area contributed by atoms with Crippen LogP contribution in [0.5, 0.6) is 0 Å². The predicted octanol–water partition coefficient (Wildman–Crippen LogP) is 4.40. The second-order valence-corrected chi connectivity index (χ2v) is 8.57. The zero-order chi connectivity index (χ0) is 21.3. The van der Waals surface area contributed by atoms with E-state index in [0.29, 0.717) is 29.0 Å². The first-order valence-corrected chi connectivity index (χ1v) is 9.78. The summed E-state index contributed by atoms with van der Waals surface area (Å²) in [5.74, 6) is 1.72. The lowest BCUT2D eigenvalue weighted by Gasteiger charge is -2.15. The Bertz CT molecular complexity index is 1060. The number of hydrogen-bond donors (Lipinski definition) is 3. The highest BCUT2D eigenvalue weighted by Gasteiger charge is 2.21. The molecule has 154 valence electrons. The zero-order valence-corrected chi connectivity index (χ0v) is 18.0. The summed E-state index contributed by atoms with van der Waals surface area (Å²) in [6.45, 7) is 10.7. The van der Waals surface area contributed by atoms with Gasteiger partial charge in [-0.05, 0) is 29.9 Å². The normalized spacial score (nSPS) is 13.1. The molecule has 0 amide bonds. The van der Waals surface area contributed by atoms with E-state index in [1.807, 2.05) is 0 Å². The third-order valence-corrected chi connectivity index (χ3v) is 5.03. The van der Waals surface area contributed by atoms with Crippen molar-refractivity contribution in [2.75, 3.05) is 23.8 Å². The van der Waals surface area contributed by atoms with Crippen LogP contribution in [0.1, 0.15) is 51.4 Å². The fourth-order valence-electron chi connectivity index (χ4n) is 3.22. The molecule has 0 radical (unpaired) electrons. The van der Waals surface area contributed by atoms with E-state index < -0.39 is 0 Å². The van der Waals surface area contributed by atoms with Crippen LogP contribution < -0.4 is 16.8 Å². The number of anilines is 3. The Labute approximate surface area is 171 Å². The maximum absolute atomic E-state index is 5.89. The smallest absolute Gasteiger partial charge is 0.224 e. The molecule has 3 aromatic heterocycles. The Balaban J connectivity index is 0.000000166. The molecule has 3 heterocycles. The van der Waals surface area contributed by atoms with E-state index in [2.05, 4.69) is 61.0 Å². The van der Waals surface area contributed by atoms with Gasteiger partial charge in [-0.2, -0.15) is 4.98 Å². The van der Waals surface area contributed by atoms with Crippen molar-refractivity contribution in [3.05, 3.63) is 40.9 Å². The van der Waals surface area contributed by atoms with Gasteiger partial charge in [0.15, 0.2) is 5.58 Å². The lowest BCUT2D eigenvalue weighted by Crippen LogP contribution is -2.10. The summed E-state index contributed by atoms with van der Waals surface area (Å²) >= 11 is 0. The highest BCUT2D eigenvalue weighted by atomic mass is 16.3. The van der Waals surface area contributed by atoms with Crippen molar-refractivity contribution in [1.82, 2.24) is 15.0 Å². The van der Waals surface area contributed by atoms with Crippen LogP contribution in [0.25, 0.3) is 17.2 Å². The second-order valence-electron chi connectivity index (χ2n) is 8.57. The number of allylic oxidation sites excluding steroid dienone is 1. The third-order valence-electron chi connectivity index (χ3n) is 5.03. The molecule has 4 rings (SSSR count). The molecule has 0 saturated heterocycles. The van der Waals surface area contributed by atoms with Crippen LogP contribution in [0.3, 0.4) is 0 Å². The molecule has 3 aromatic rings. The Kier molecular flexibility index (Phi) is 5.50. The van der Waals surface area contributed by atoms with Crippen LogP contribution in [-0.4, -0.2) is 22.0 Å². The number of aromatic nitrogens is 3. The van der Waals surface area contributed by atoms with E-state index in [9.17, 15) is 0 Å². The van der Waals surface area contributed by atoms with E-state index in [1.54, 1.807) is 25.6 Å². The maximum Gasteiger partial charge on any atom is 0.224 e. The first-order valence-electron chi connectivity index (χ1n) is 9.78. The molecule has 0 aliphatic heterocycles. The minimum absolute atomic E-state index is 0.0338. The highest BCUT2D eigenvalue weighted by Crippen LogP contribution is 2.33. The monoisotopic (exact) mass is 394 g/mol. The van der Waals surface area contributed by atoms with Crippen molar-refractivity contribution in [2.45, 2.75) is 46.5 Å². The average Bonchev–Trinajstić information content (AvgIpc) is 3.27. The molecule has 1 aliphatic carbocycles. The number of hydrogen-bond acceptors (Lipinski definition) is 7. The van der Waals surface area contributed by atoms with Crippen molar-refractivity contribution in [2.24, 2.45) is 5.92 Å². The molecule has 5 N–H and O–H groups in total. The van der Waals surface area contributed by atoms with Gasteiger partial charge < -0.3 is 21.2 Å². The molecule has 7 heteroatoms. The van der Waals surface area contributed by atoms with Gasteiger partial charge in [0, 0.05) is 24.4 Å². The first-order chi connectivity index (χ1) is 13.6.